The third-order valence-corrected chi connectivity index (χ3v) is 5.13. The summed E-state index contributed by atoms with van der Waals surface area (Å²) in [5, 5.41) is 11.7. The van der Waals surface area contributed by atoms with E-state index >= 15 is 0 Å². The van der Waals surface area contributed by atoms with Crippen LogP contribution in [0, 0.1) is 0 Å². The van der Waals surface area contributed by atoms with Gasteiger partial charge in [0.05, 0.1) is 6.10 Å². The molecule has 124 valence electrons. The second-order valence-corrected chi connectivity index (χ2v) is 6.64. The van der Waals surface area contributed by atoms with Crippen molar-refractivity contribution in [1.29, 1.82) is 0 Å². The van der Waals surface area contributed by atoms with E-state index in [0.717, 1.165) is 37.1 Å². The van der Waals surface area contributed by atoms with Crippen LogP contribution in [-0.4, -0.2) is 39.6 Å². The number of hydrogen-bond acceptors (Lipinski definition) is 3. The fourth-order valence-electron chi connectivity index (χ4n) is 3.77. The molecule has 0 bridgehead atoms. The van der Waals surface area contributed by atoms with Gasteiger partial charge in [-0.2, -0.15) is 0 Å². The number of aromatic amines is 1. The van der Waals surface area contributed by atoms with E-state index in [2.05, 4.69) is 27.1 Å². The number of aliphatic hydroxyl groups is 1. The minimum atomic E-state index is -0.403. The van der Waals surface area contributed by atoms with E-state index in [1.807, 2.05) is 42.6 Å². The predicted molar refractivity (Wildman–Crippen MR) is 95.9 cm³/mol. The van der Waals surface area contributed by atoms with E-state index in [1.54, 1.807) is 0 Å². The van der Waals surface area contributed by atoms with Gasteiger partial charge in [-0.1, -0.05) is 30.3 Å². The van der Waals surface area contributed by atoms with Gasteiger partial charge in [0.1, 0.15) is 5.65 Å². The lowest BCUT2D eigenvalue weighted by Gasteiger charge is -2.33. The summed E-state index contributed by atoms with van der Waals surface area (Å²) in [6.07, 6.45) is 5.81. The molecule has 0 amide bonds. The van der Waals surface area contributed by atoms with Gasteiger partial charge in [-0.15, -0.1) is 0 Å². The van der Waals surface area contributed by atoms with Crippen molar-refractivity contribution in [3.8, 4) is 0 Å². The van der Waals surface area contributed by atoms with Crippen LogP contribution >= 0.6 is 0 Å². The van der Waals surface area contributed by atoms with Gasteiger partial charge in [0, 0.05) is 24.3 Å². The Morgan fingerprint density at radius 3 is 2.71 bits per heavy atom. The Morgan fingerprint density at radius 2 is 1.92 bits per heavy atom. The lowest BCUT2D eigenvalue weighted by Crippen LogP contribution is -2.36. The molecule has 1 atom stereocenters. The van der Waals surface area contributed by atoms with E-state index in [1.165, 1.54) is 10.9 Å². The Kier molecular flexibility index (Phi) is 4.32. The van der Waals surface area contributed by atoms with Crippen molar-refractivity contribution in [2.24, 2.45) is 0 Å². The Hall–Kier alpha value is -2.17. The smallest absolute Gasteiger partial charge is 0.137 e. The fraction of sp³-hybridized carbons (Fsp3) is 0.350. The molecule has 1 aliphatic rings. The van der Waals surface area contributed by atoms with E-state index in [4.69, 9.17) is 0 Å². The molecular formula is C20H23N3O. The molecule has 0 saturated carbocycles. The van der Waals surface area contributed by atoms with E-state index < -0.39 is 6.10 Å². The first-order chi connectivity index (χ1) is 11.8. The van der Waals surface area contributed by atoms with Crippen LogP contribution in [0.25, 0.3) is 11.0 Å². The lowest BCUT2D eigenvalue weighted by molar-refractivity contribution is 0.0973. The van der Waals surface area contributed by atoms with Crippen LogP contribution in [0.2, 0.25) is 0 Å². The number of nitrogens with one attached hydrogen (secondary N) is 1. The standard InChI is InChI=1S/C20H23N3O/c24-19(16-5-2-1-3-6-16)14-23-11-8-15(9-12-23)18-13-22-20-17(18)7-4-10-21-20/h1-7,10,13,15,19,24H,8-9,11-12,14H2,(H,21,22). The van der Waals surface area contributed by atoms with Crippen LogP contribution in [0.3, 0.4) is 0 Å². The summed E-state index contributed by atoms with van der Waals surface area (Å²) in [5.74, 6) is 0.577. The Bertz CT molecular complexity index is 791. The zero-order valence-corrected chi connectivity index (χ0v) is 13.7. The third-order valence-electron chi connectivity index (χ3n) is 5.13. The lowest BCUT2D eigenvalue weighted by atomic mass is 9.89. The maximum atomic E-state index is 10.4. The second kappa shape index (κ2) is 6.75. The maximum Gasteiger partial charge on any atom is 0.137 e. The summed E-state index contributed by atoms with van der Waals surface area (Å²) in [7, 11) is 0. The van der Waals surface area contributed by atoms with Gasteiger partial charge in [-0.3, -0.25) is 0 Å². The van der Waals surface area contributed by atoms with Crippen molar-refractivity contribution in [2.45, 2.75) is 24.9 Å². The summed E-state index contributed by atoms with van der Waals surface area (Å²) in [5.41, 5.74) is 3.37. The zero-order valence-electron chi connectivity index (χ0n) is 13.7. The molecule has 1 aromatic carbocycles. The van der Waals surface area contributed by atoms with Gasteiger partial charge >= 0.3 is 0 Å². The van der Waals surface area contributed by atoms with E-state index in [9.17, 15) is 5.11 Å². The predicted octanol–water partition coefficient (Wildman–Crippen LogP) is 3.48. The van der Waals surface area contributed by atoms with Crippen molar-refractivity contribution >= 4 is 11.0 Å². The number of aromatic nitrogens is 2. The number of rotatable bonds is 4. The highest BCUT2D eigenvalue weighted by molar-refractivity contribution is 5.80. The monoisotopic (exact) mass is 321 g/mol. The Labute approximate surface area is 142 Å². The molecule has 0 spiro atoms. The van der Waals surface area contributed by atoms with Crippen molar-refractivity contribution < 1.29 is 5.11 Å². The number of β-amino-alcohol motifs (C(OH)–C–C–N with tert-alkyl or cyclic N) is 1. The molecule has 2 aromatic heterocycles. The topological polar surface area (TPSA) is 52.1 Å². The molecule has 0 radical (unpaired) electrons. The van der Waals surface area contributed by atoms with Gasteiger partial charge in [0.15, 0.2) is 0 Å². The SMILES string of the molecule is OC(CN1CCC(c2c[nH]c3ncccc23)CC1)c1ccccc1. The molecule has 4 rings (SSSR count). The number of nitrogens with zero attached hydrogens (tertiary/aromatic N) is 2. The van der Waals surface area contributed by atoms with Crippen LogP contribution in [0.1, 0.15) is 36.0 Å². The van der Waals surface area contributed by atoms with Gasteiger partial charge in [0.25, 0.3) is 0 Å². The van der Waals surface area contributed by atoms with Crippen molar-refractivity contribution in [2.75, 3.05) is 19.6 Å². The van der Waals surface area contributed by atoms with Crippen LogP contribution in [-0.2, 0) is 0 Å². The molecule has 2 N–H and O–H groups in total. The number of aliphatic hydroxyl groups excluding tert-OH is 1. The molecule has 1 fully saturated rings. The van der Waals surface area contributed by atoms with Crippen molar-refractivity contribution in [3.63, 3.8) is 0 Å². The minimum Gasteiger partial charge on any atom is -0.387 e. The fourth-order valence-corrected chi connectivity index (χ4v) is 3.77. The van der Waals surface area contributed by atoms with E-state index in [-0.39, 0.29) is 0 Å². The number of likely N-dealkylation sites (tertiary alicyclic amines) is 1. The highest BCUT2D eigenvalue weighted by Gasteiger charge is 2.24. The highest BCUT2D eigenvalue weighted by Crippen LogP contribution is 2.33. The minimum absolute atomic E-state index is 0.403. The van der Waals surface area contributed by atoms with Crippen LogP contribution in [0.15, 0.2) is 54.9 Å². The number of piperidine rings is 1. The summed E-state index contributed by atoms with van der Waals surface area (Å²) >= 11 is 0. The first-order valence-electron chi connectivity index (χ1n) is 8.68. The molecule has 0 aliphatic carbocycles. The number of benzene rings is 1. The van der Waals surface area contributed by atoms with E-state index in [0.29, 0.717) is 12.5 Å². The molecule has 3 aromatic rings. The number of pyridine rings is 1. The van der Waals surface area contributed by atoms with Gasteiger partial charge in [-0.05, 0) is 55.1 Å². The van der Waals surface area contributed by atoms with Gasteiger partial charge in [0.2, 0.25) is 0 Å². The van der Waals surface area contributed by atoms with Crippen LogP contribution < -0.4 is 0 Å². The highest BCUT2D eigenvalue weighted by atomic mass is 16.3. The largest absolute Gasteiger partial charge is 0.387 e. The van der Waals surface area contributed by atoms with Gasteiger partial charge < -0.3 is 15.0 Å². The molecule has 1 saturated heterocycles. The first-order valence-corrected chi connectivity index (χ1v) is 8.68. The average Bonchev–Trinajstić information content (AvgIpc) is 3.07. The first kappa shape index (κ1) is 15.4. The number of hydrogen-bond donors (Lipinski definition) is 2. The number of fused-ring (bicyclic) bond motifs is 1. The molecule has 4 nitrogen and oxygen atoms in total. The Morgan fingerprint density at radius 1 is 1.12 bits per heavy atom. The molecular weight excluding hydrogens is 298 g/mol. The molecule has 1 aliphatic heterocycles. The molecule has 3 heterocycles. The summed E-state index contributed by atoms with van der Waals surface area (Å²) in [6.45, 7) is 2.77. The molecule has 1 unspecified atom stereocenters. The summed E-state index contributed by atoms with van der Waals surface area (Å²) < 4.78 is 0. The Balaban J connectivity index is 1.38. The second-order valence-electron chi connectivity index (χ2n) is 6.64. The summed E-state index contributed by atoms with van der Waals surface area (Å²) in [6, 6.07) is 14.1. The summed E-state index contributed by atoms with van der Waals surface area (Å²) in [4.78, 5) is 10.0. The quantitative estimate of drug-likeness (QED) is 0.773. The van der Waals surface area contributed by atoms with Gasteiger partial charge in [-0.25, -0.2) is 4.98 Å². The van der Waals surface area contributed by atoms with Crippen LogP contribution in [0.4, 0.5) is 0 Å². The average molecular weight is 321 g/mol. The van der Waals surface area contributed by atoms with Crippen molar-refractivity contribution in [3.05, 3.63) is 66.0 Å². The van der Waals surface area contributed by atoms with Crippen LogP contribution in [0.5, 0.6) is 0 Å². The molecule has 24 heavy (non-hydrogen) atoms. The normalized spacial score (nSPS) is 18.0. The third kappa shape index (κ3) is 3.07. The molecule has 4 heteroatoms. The number of H-pyrrole nitrogens is 1. The van der Waals surface area contributed by atoms with Crippen molar-refractivity contribution in [1.82, 2.24) is 14.9 Å². The maximum absolute atomic E-state index is 10.4. The zero-order chi connectivity index (χ0) is 16.4.